The molecule has 3 nitrogen and oxygen atoms in total. The second-order valence-electron chi connectivity index (χ2n) is 4.37. The van der Waals surface area contributed by atoms with E-state index in [1.807, 2.05) is 32.0 Å². The number of hydrogen-bond acceptors (Lipinski definition) is 3. The van der Waals surface area contributed by atoms with Gasteiger partial charge in [0.05, 0.1) is 12.2 Å². The number of anilines is 1. The lowest BCUT2D eigenvalue weighted by atomic mass is 10.1. The van der Waals surface area contributed by atoms with Crippen molar-refractivity contribution >= 4 is 33.0 Å². The maximum absolute atomic E-state index is 12.4. The van der Waals surface area contributed by atoms with Crippen LogP contribution in [0.25, 0.3) is 10.1 Å². The molecule has 1 aromatic carbocycles. The number of benzene rings is 1. The van der Waals surface area contributed by atoms with Crippen molar-refractivity contribution in [1.82, 2.24) is 4.90 Å². The van der Waals surface area contributed by atoms with Gasteiger partial charge in [-0.05, 0) is 26.0 Å². The van der Waals surface area contributed by atoms with Crippen LogP contribution in [0.4, 0.5) is 5.69 Å². The highest BCUT2D eigenvalue weighted by atomic mass is 32.1. The molecule has 0 aliphatic heterocycles. The summed E-state index contributed by atoms with van der Waals surface area (Å²) in [5.41, 5.74) is 7.80. The van der Waals surface area contributed by atoms with Gasteiger partial charge in [-0.1, -0.05) is 17.6 Å². The molecule has 0 aliphatic carbocycles. The summed E-state index contributed by atoms with van der Waals surface area (Å²) in [6, 6.07) is 6.03. The lowest BCUT2D eigenvalue weighted by molar-refractivity contribution is 0.0790. The molecule has 1 heterocycles. The van der Waals surface area contributed by atoms with Crippen LogP contribution in [0, 0.1) is 19.3 Å². The Kier molecular flexibility index (Phi) is 3.77. The lowest BCUT2D eigenvalue weighted by Gasteiger charge is -2.17. The fourth-order valence-electron chi connectivity index (χ4n) is 1.97. The smallest absolute Gasteiger partial charge is 0.266 e. The quantitative estimate of drug-likeness (QED) is 0.873. The Bertz CT molecular complexity index is 667. The normalized spacial score (nSPS) is 10.4. The molecule has 0 radical (unpaired) electrons. The molecule has 1 amide bonds. The first-order valence-electron chi connectivity index (χ1n) is 6.09. The van der Waals surface area contributed by atoms with Crippen LogP contribution in [0.2, 0.25) is 0 Å². The van der Waals surface area contributed by atoms with Crippen molar-refractivity contribution < 1.29 is 4.79 Å². The molecule has 0 saturated carbocycles. The Balaban J connectivity index is 2.48. The first-order valence-corrected chi connectivity index (χ1v) is 6.91. The number of thiophene rings is 1. The summed E-state index contributed by atoms with van der Waals surface area (Å²) in [7, 11) is 0. The molecule has 0 bridgehead atoms. The summed E-state index contributed by atoms with van der Waals surface area (Å²) in [6.07, 6.45) is 5.28. The molecule has 0 atom stereocenters. The fourth-order valence-corrected chi connectivity index (χ4v) is 3.04. The van der Waals surface area contributed by atoms with Crippen LogP contribution in [0.1, 0.15) is 22.2 Å². The monoisotopic (exact) mass is 272 g/mol. The standard InChI is InChI=1S/C15H16N2OS/c1-4-8-17(5-2)15(18)14-13(16)11-9-10(3)6-7-12(11)19-14/h1,6-7,9H,5,8,16H2,2-3H3. The van der Waals surface area contributed by atoms with Crippen molar-refractivity contribution in [2.24, 2.45) is 0 Å². The summed E-state index contributed by atoms with van der Waals surface area (Å²) in [5.74, 6) is 2.41. The van der Waals surface area contributed by atoms with E-state index in [0.717, 1.165) is 15.6 Å². The predicted molar refractivity (Wildman–Crippen MR) is 81.4 cm³/mol. The van der Waals surface area contributed by atoms with E-state index < -0.39 is 0 Å². The Morgan fingerprint density at radius 2 is 2.26 bits per heavy atom. The average molecular weight is 272 g/mol. The maximum Gasteiger partial charge on any atom is 0.266 e. The zero-order valence-electron chi connectivity index (χ0n) is 11.1. The average Bonchev–Trinajstić information content (AvgIpc) is 2.72. The molecule has 0 aliphatic rings. The van der Waals surface area contributed by atoms with Crippen molar-refractivity contribution in [3.05, 3.63) is 28.6 Å². The molecule has 1 aromatic heterocycles. The van der Waals surface area contributed by atoms with Gasteiger partial charge in [0, 0.05) is 16.6 Å². The lowest BCUT2D eigenvalue weighted by Crippen LogP contribution is -2.30. The van der Waals surface area contributed by atoms with Gasteiger partial charge in [0.25, 0.3) is 5.91 Å². The molecule has 2 aromatic rings. The van der Waals surface area contributed by atoms with E-state index in [-0.39, 0.29) is 5.91 Å². The predicted octanol–water partition coefficient (Wildman–Crippen LogP) is 2.89. The van der Waals surface area contributed by atoms with Gasteiger partial charge >= 0.3 is 0 Å². The van der Waals surface area contributed by atoms with Crippen molar-refractivity contribution in [1.29, 1.82) is 0 Å². The zero-order chi connectivity index (χ0) is 14.0. The summed E-state index contributed by atoms with van der Waals surface area (Å²) in [6.45, 7) is 4.80. The van der Waals surface area contributed by atoms with E-state index in [1.54, 1.807) is 4.90 Å². The summed E-state index contributed by atoms with van der Waals surface area (Å²) >= 11 is 1.43. The maximum atomic E-state index is 12.4. The highest BCUT2D eigenvalue weighted by molar-refractivity contribution is 7.21. The minimum Gasteiger partial charge on any atom is -0.397 e. The van der Waals surface area contributed by atoms with E-state index >= 15 is 0 Å². The van der Waals surface area contributed by atoms with E-state index in [2.05, 4.69) is 5.92 Å². The zero-order valence-corrected chi connectivity index (χ0v) is 11.9. The number of rotatable bonds is 3. The van der Waals surface area contributed by atoms with Gasteiger partial charge in [-0.15, -0.1) is 17.8 Å². The molecule has 4 heteroatoms. The number of amides is 1. The summed E-state index contributed by atoms with van der Waals surface area (Å²) in [5, 5.41) is 0.949. The minimum absolute atomic E-state index is 0.0863. The fraction of sp³-hybridized carbons (Fsp3) is 0.267. The van der Waals surface area contributed by atoms with Gasteiger partial charge < -0.3 is 10.6 Å². The molecule has 0 saturated heterocycles. The van der Waals surface area contributed by atoms with Crippen molar-refractivity contribution in [3.8, 4) is 12.3 Å². The SMILES string of the molecule is C#CCN(CC)C(=O)c1sc2ccc(C)cc2c1N. The third-order valence-corrected chi connectivity index (χ3v) is 4.20. The van der Waals surface area contributed by atoms with Crippen LogP contribution in [0.5, 0.6) is 0 Å². The second-order valence-corrected chi connectivity index (χ2v) is 5.42. The molecule has 98 valence electrons. The number of nitrogens with zero attached hydrogens (tertiary/aromatic N) is 1. The molecule has 2 rings (SSSR count). The first kappa shape index (κ1) is 13.4. The van der Waals surface area contributed by atoms with E-state index in [9.17, 15) is 4.79 Å². The van der Waals surface area contributed by atoms with E-state index in [0.29, 0.717) is 23.7 Å². The number of carbonyl (C=O) groups is 1. The number of hydrogen-bond donors (Lipinski definition) is 1. The van der Waals surface area contributed by atoms with Gasteiger partial charge in [-0.3, -0.25) is 4.79 Å². The van der Waals surface area contributed by atoms with Crippen molar-refractivity contribution in [2.75, 3.05) is 18.8 Å². The Labute approximate surface area is 117 Å². The minimum atomic E-state index is -0.0863. The number of nitrogens with two attached hydrogens (primary N) is 1. The first-order chi connectivity index (χ1) is 9.08. The topological polar surface area (TPSA) is 46.3 Å². The van der Waals surface area contributed by atoms with E-state index in [1.165, 1.54) is 11.3 Å². The Hall–Kier alpha value is -1.99. The van der Waals surface area contributed by atoms with Gasteiger partial charge in [-0.2, -0.15) is 0 Å². The number of fused-ring (bicyclic) bond motifs is 1. The van der Waals surface area contributed by atoms with Gasteiger partial charge in [0.2, 0.25) is 0 Å². The third kappa shape index (κ3) is 2.42. The van der Waals surface area contributed by atoms with E-state index in [4.69, 9.17) is 12.2 Å². The number of nitrogen functional groups attached to an aromatic ring is 1. The van der Waals surface area contributed by atoms with Crippen LogP contribution in [0.15, 0.2) is 18.2 Å². The number of terminal acetylenes is 1. The van der Waals surface area contributed by atoms with Crippen LogP contribution >= 0.6 is 11.3 Å². The molecule has 0 fully saturated rings. The number of aryl methyl sites for hydroxylation is 1. The third-order valence-electron chi connectivity index (χ3n) is 3.03. The van der Waals surface area contributed by atoms with Crippen molar-refractivity contribution in [3.63, 3.8) is 0 Å². The number of carbonyl (C=O) groups excluding carboxylic acids is 1. The molecule has 2 N–H and O–H groups in total. The molecular formula is C15H16N2OS. The largest absolute Gasteiger partial charge is 0.397 e. The van der Waals surface area contributed by atoms with Crippen molar-refractivity contribution in [2.45, 2.75) is 13.8 Å². The van der Waals surface area contributed by atoms with Gasteiger partial charge in [0.15, 0.2) is 0 Å². The van der Waals surface area contributed by atoms with Crippen LogP contribution in [-0.2, 0) is 0 Å². The van der Waals surface area contributed by atoms with Crippen LogP contribution < -0.4 is 5.73 Å². The van der Waals surface area contributed by atoms with Crippen LogP contribution in [0.3, 0.4) is 0 Å². The van der Waals surface area contributed by atoms with Gasteiger partial charge in [-0.25, -0.2) is 0 Å². The van der Waals surface area contributed by atoms with Crippen LogP contribution in [-0.4, -0.2) is 23.9 Å². The Morgan fingerprint density at radius 3 is 2.89 bits per heavy atom. The summed E-state index contributed by atoms with van der Waals surface area (Å²) < 4.78 is 1.03. The summed E-state index contributed by atoms with van der Waals surface area (Å²) in [4.78, 5) is 14.6. The molecule has 19 heavy (non-hydrogen) atoms. The highest BCUT2D eigenvalue weighted by Gasteiger charge is 2.20. The van der Waals surface area contributed by atoms with Gasteiger partial charge in [0.1, 0.15) is 4.88 Å². The molecule has 0 spiro atoms. The second kappa shape index (κ2) is 5.33. The highest BCUT2D eigenvalue weighted by Crippen LogP contribution is 2.34. The molecule has 0 unspecified atom stereocenters. The Morgan fingerprint density at radius 1 is 1.53 bits per heavy atom. The molecular weight excluding hydrogens is 256 g/mol.